The van der Waals surface area contributed by atoms with Gasteiger partial charge in [-0.05, 0) is 59.4 Å². The second-order valence-electron chi connectivity index (χ2n) is 13.3. The smallest absolute Gasteiger partial charge is 0.262 e. The van der Waals surface area contributed by atoms with Crippen LogP contribution in [0.25, 0.3) is 11.0 Å². The summed E-state index contributed by atoms with van der Waals surface area (Å²) in [5.74, 6) is 0.525. The minimum absolute atomic E-state index is 0.0979. The Morgan fingerprint density at radius 3 is 2.02 bits per heavy atom. The van der Waals surface area contributed by atoms with Gasteiger partial charge in [0.2, 0.25) is 0 Å². The lowest BCUT2D eigenvalue weighted by molar-refractivity contribution is -0.125. The van der Waals surface area contributed by atoms with Crippen LogP contribution < -0.4 is 15.7 Å². The molecule has 0 saturated carbocycles. The van der Waals surface area contributed by atoms with Crippen LogP contribution in [0.1, 0.15) is 82.0 Å². The number of unbranched alkanes of at least 4 members (excludes halogenated alkanes) is 2. The summed E-state index contributed by atoms with van der Waals surface area (Å²) in [4.78, 5) is 34.8. The zero-order chi connectivity index (χ0) is 34.3. The molecule has 1 heterocycles. The summed E-state index contributed by atoms with van der Waals surface area (Å²) < 4.78 is 7.03. The Hall–Kier alpha value is -3.75. The second-order valence-corrected chi connectivity index (χ2v) is 18.4. The molecule has 0 bridgehead atoms. The number of aromatic nitrogens is 2. The van der Waals surface area contributed by atoms with Crippen molar-refractivity contribution in [3.8, 4) is 0 Å². The van der Waals surface area contributed by atoms with Crippen molar-refractivity contribution >= 4 is 64.6 Å². The van der Waals surface area contributed by atoms with Crippen molar-refractivity contribution < 1.29 is 14.0 Å². The van der Waals surface area contributed by atoms with Crippen molar-refractivity contribution in [3.05, 3.63) is 125 Å². The van der Waals surface area contributed by atoms with Crippen molar-refractivity contribution in [2.75, 3.05) is 0 Å². The third kappa shape index (κ3) is 8.09. The Morgan fingerprint density at radius 1 is 0.854 bits per heavy atom. The molecule has 0 aliphatic rings. The van der Waals surface area contributed by atoms with E-state index >= 15 is 0 Å². The van der Waals surface area contributed by atoms with E-state index in [0.717, 1.165) is 23.2 Å². The van der Waals surface area contributed by atoms with Crippen LogP contribution in [-0.4, -0.2) is 36.1 Å². The van der Waals surface area contributed by atoms with Gasteiger partial charge in [-0.2, -0.15) is 0 Å². The van der Waals surface area contributed by atoms with E-state index in [1.807, 2.05) is 61.5 Å². The third-order valence-electron chi connectivity index (χ3n) is 8.84. The van der Waals surface area contributed by atoms with Gasteiger partial charge in [0, 0.05) is 17.0 Å². The fourth-order valence-corrected chi connectivity index (χ4v) is 11.6. The molecule has 5 aromatic rings. The number of nitrogens with one attached hydrogen (secondary N) is 2. The quantitative estimate of drug-likeness (QED) is 0.0896. The maximum Gasteiger partial charge on any atom is 0.262 e. The summed E-state index contributed by atoms with van der Waals surface area (Å²) in [7, 11) is -2.84. The number of rotatable bonds is 14. The molecule has 1 aromatic heterocycles. The lowest BCUT2D eigenvalue weighted by Gasteiger charge is -2.44. The summed E-state index contributed by atoms with van der Waals surface area (Å²) in [6, 6.07) is 32.9. The Bertz CT molecular complexity index is 1790. The topological polar surface area (TPSA) is 84.1 Å². The van der Waals surface area contributed by atoms with Crippen molar-refractivity contribution in [3.63, 3.8) is 0 Å². The Balaban J connectivity index is 1.25. The maximum absolute atomic E-state index is 13.6. The van der Waals surface area contributed by atoms with E-state index in [9.17, 15) is 9.59 Å². The molecule has 1 amide bonds. The summed E-state index contributed by atoms with van der Waals surface area (Å²) in [6.07, 6.45) is 2.80. The molecule has 0 saturated heterocycles. The standard InChI is InChI=1S/C39H43Cl2N3O3Si/c1-27(47-48(39(2,3)4,30-19-11-6-12-20-30)31-21-13-7-14-22-31)35(45)24-16-8-15-23-33(43-38(46)28-17-9-5-10-18-28)37-42-34-26-29(40)25-32(41)36(34)44-37/h5-7,9-14,17-22,25-27,33H,8,15-16,23-24H2,1-4H3,(H,42,44)(H,43,46)/t27-,33+/m1/s1. The molecule has 0 aliphatic carbocycles. The summed E-state index contributed by atoms with van der Waals surface area (Å²) >= 11 is 12.7. The van der Waals surface area contributed by atoms with Gasteiger partial charge in [0.25, 0.3) is 14.2 Å². The van der Waals surface area contributed by atoms with E-state index in [0.29, 0.717) is 51.7 Å². The van der Waals surface area contributed by atoms with Crippen LogP contribution in [0.3, 0.4) is 0 Å². The van der Waals surface area contributed by atoms with Gasteiger partial charge in [-0.15, -0.1) is 0 Å². The van der Waals surface area contributed by atoms with E-state index in [-0.39, 0.29) is 22.8 Å². The number of aromatic amines is 1. The Morgan fingerprint density at radius 2 is 1.44 bits per heavy atom. The number of benzene rings is 4. The molecule has 0 spiro atoms. The van der Waals surface area contributed by atoms with Crippen LogP contribution in [0.5, 0.6) is 0 Å². The molecule has 6 nitrogen and oxygen atoms in total. The fraction of sp³-hybridized carbons (Fsp3) is 0.308. The first-order chi connectivity index (χ1) is 23.0. The van der Waals surface area contributed by atoms with Crippen LogP contribution in [0.15, 0.2) is 103 Å². The number of halogens is 2. The number of fused-ring (bicyclic) bond motifs is 1. The lowest BCUT2D eigenvalue weighted by atomic mass is 10.0. The minimum atomic E-state index is -2.84. The molecular formula is C39H43Cl2N3O3Si. The van der Waals surface area contributed by atoms with Crippen molar-refractivity contribution in [1.82, 2.24) is 15.3 Å². The molecule has 4 aromatic carbocycles. The first-order valence-electron chi connectivity index (χ1n) is 16.5. The van der Waals surface area contributed by atoms with Gasteiger partial charge in [0.15, 0.2) is 5.78 Å². The average molecular weight is 701 g/mol. The zero-order valence-corrected chi connectivity index (χ0v) is 30.4. The summed E-state index contributed by atoms with van der Waals surface area (Å²) in [5, 5.41) is 6.20. The van der Waals surface area contributed by atoms with Crippen LogP contribution in [0.4, 0.5) is 0 Å². The monoisotopic (exact) mass is 699 g/mol. The number of hydrogen-bond acceptors (Lipinski definition) is 4. The number of carbonyl (C=O) groups excluding carboxylic acids is 2. The van der Waals surface area contributed by atoms with Gasteiger partial charge in [-0.25, -0.2) is 4.98 Å². The van der Waals surface area contributed by atoms with Gasteiger partial charge < -0.3 is 14.7 Å². The average Bonchev–Trinajstić information content (AvgIpc) is 3.51. The molecule has 2 N–H and O–H groups in total. The van der Waals surface area contributed by atoms with E-state index < -0.39 is 14.4 Å². The van der Waals surface area contributed by atoms with Crippen molar-refractivity contribution in [1.29, 1.82) is 0 Å². The number of H-pyrrole nitrogens is 1. The molecule has 48 heavy (non-hydrogen) atoms. The maximum atomic E-state index is 13.6. The van der Waals surface area contributed by atoms with Gasteiger partial charge in [0.1, 0.15) is 11.9 Å². The predicted octanol–water partition coefficient (Wildman–Crippen LogP) is 8.83. The van der Waals surface area contributed by atoms with E-state index in [1.54, 1.807) is 24.3 Å². The molecule has 0 radical (unpaired) electrons. The third-order valence-corrected chi connectivity index (χ3v) is 14.5. The first kappa shape index (κ1) is 35.6. The molecular weight excluding hydrogens is 657 g/mol. The molecule has 2 atom stereocenters. The SMILES string of the molecule is C[C@@H](O[Si](c1ccccc1)(c1ccccc1)C(C)(C)C)C(=O)CCCCC[C@H](NC(=O)c1ccccc1)c1nc2cc(Cl)cc(Cl)c2[nH]1. The molecule has 0 unspecified atom stereocenters. The van der Waals surface area contributed by atoms with Crippen LogP contribution >= 0.6 is 23.2 Å². The minimum Gasteiger partial charge on any atom is -0.398 e. The summed E-state index contributed by atoms with van der Waals surface area (Å²) in [6.45, 7) is 8.55. The van der Waals surface area contributed by atoms with Crippen LogP contribution in [0.2, 0.25) is 15.1 Å². The predicted molar refractivity (Wildman–Crippen MR) is 199 cm³/mol. The van der Waals surface area contributed by atoms with Crippen molar-refractivity contribution in [2.24, 2.45) is 0 Å². The van der Waals surface area contributed by atoms with Crippen LogP contribution in [0, 0.1) is 0 Å². The van der Waals surface area contributed by atoms with Gasteiger partial charge >= 0.3 is 0 Å². The van der Waals surface area contributed by atoms with Crippen molar-refractivity contribution in [2.45, 2.75) is 77.0 Å². The lowest BCUT2D eigenvalue weighted by Crippen LogP contribution is -2.68. The molecule has 9 heteroatoms. The number of Topliss-reactive ketones (excluding diaryl/α,β-unsaturated/α-hetero) is 1. The first-order valence-corrected chi connectivity index (χ1v) is 19.2. The number of carbonyl (C=O) groups is 2. The highest BCUT2D eigenvalue weighted by atomic mass is 35.5. The number of ketones is 1. The van der Waals surface area contributed by atoms with E-state index in [2.05, 4.69) is 55.3 Å². The molecule has 5 rings (SSSR count). The highest BCUT2D eigenvalue weighted by Crippen LogP contribution is 2.38. The van der Waals surface area contributed by atoms with E-state index in [4.69, 9.17) is 32.6 Å². The number of nitrogens with zero attached hydrogens (tertiary/aromatic N) is 1. The zero-order valence-electron chi connectivity index (χ0n) is 27.9. The fourth-order valence-electron chi connectivity index (χ4n) is 6.38. The number of imidazole rings is 1. The Labute approximate surface area is 294 Å². The summed E-state index contributed by atoms with van der Waals surface area (Å²) in [5.41, 5.74) is 1.89. The second kappa shape index (κ2) is 15.6. The molecule has 0 aliphatic heterocycles. The number of amides is 1. The Kier molecular flexibility index (Phi) is 11.6. The van der Waals surface area contributed by atoms with Gasteiger partial charge in [-0.1, -0.05) is 136 Å². The highest BCUT2D eigenvalue weighted by Gasteiger charge is 2.51. The largest absolute Gasteiger partial charge is 0.398 e. The van der Waals surface area contributed by atoms with Crippen LogP contribution in [-0.2, 0) is 9.22 Å². The van der Waals surface area contributed by atoms with E-state index in [1.165, 1.54) is 0 Å². The van der Waals surface area contributed by atoms with Gasteiger partial charge in [0.05, 0.1) is 22.1 Å². The molecule has 250 valence electrons. The normalized spacial score (nSPS) is 13.3. The number of hydrogen-bond donors (Lipinski definition) is 2. The molecule has 0 fully saturated rings. The van der Waals surface area contributed by atoms with Gasteiger partial charge in [-0.3, -0.25) is 9.59 Å². The highest BCUT2D eigenvalue weighted by molar-refractivity contribution is 6.99.